The van der Waals surface area contributed by atoms with E-state index in [-0.39, 0.29) is 17.1 Å². The normalized spacial score (nSPS) is 15.7. The summed E-state index contributed by atoms with van der Waals surface area (Å²) in [5.74, 6) is -1.90. The zero-order chi connectivity index (χ0) is 16.8. The van der Waals surface area contributed by atoms with Crippen LogP contribution in [0.25, 0.3) is 0 Å². The number of carboxylic acid groups (broad SMARTS) is 1. The number of rotatable bonds is 2. The molecule has 0 spiro atoms. The lowest BCUT2D eigenvalue weighted by molar-refractivity contribution is 0.0693. The summed E-state index contributed by atoms with van der Waals surface area (Å²) in [4.78, 5) is 15.8. The molecular weight excluding hydrogens is 297 g/mol. The summed E-state index contributed by atoms with van der Waals surface area (Å²) in [5.41, 5.74) is 1.08. The number of aliphatic imine (C=N–C) groups is 1. The number of aromatic hydroxyl groups is 1. The van der Waals surface area contributed by atoms with Crippen molar-refractivity contribution in [3.63, 3.8) is 0 Å². The molecule has 0 bridgehead atoms. The fourth-order valence-electron chi connectivity index (χ4n) is 2.91. The van der Waals surface area contributed by atoms with Gasteiger partial charge < -0.3 is 10.2 Å². The van der Waals surface area contributed by atoms with Crippen molar-refractivity contribution in [2.24, 2.45) is 4.99 Å². The molecule has 0 atom stereocenters. The molecule has 0 saturated carbocycles. The quantitative estimate of drug-likeness (QED) is 0.892. The molecule has 0 saturated heterocycles. The van der Waals surface area contributed by atoms with Gasteiger partial charge in [0, 0.05) is 17.5 Å². The maximum atomic E-state index is 14.2. The maximum Gasteiger partial charge on any atom is 0.339 e. The number of hydrogen-bond donors (Lipinski definition) is 2. The van der Waals surface area contributed by atoms with Crippen LogP contribution in [-0.4, -0.2) is 27.4 Å². The van der Waals surface area contributed by atoms with Crippen LogP contribution < -0.4 is 0 Å². The molecule has 0 unspecified atom stereocenters. The number of benzene rings is 2. The highest BCUT2D eigenvalue weighted by Crippen LogP contribution is 2.34. The fraction of sp³-hybridized carbons (Fsp3) is 0.222. The first-order chi connectivity index (χ1) is 10.8. The van der Waals surface area contributed by atoms with Crippen LogP contribution in [0.3, 0.4) is 0 Å². The minimum atomic E-state index is -1.22. The third-order valence-corrected chi connectivity index (χ3v) is 3.92. The smallest absolute Gasteiger partial charge is 0.339 e. The van der Waals surface area contributed by atoms with Crippen molar-refractivity contribution in [3.05, 3.63) is 64.5 Å². The zero-order valence-corrected chi connectivity index (χ0v) is 12.8. The molecule has 0 amide bonds. The van der Waals surface area contributed by atoms with Crippen LogP contribution in [0.2, 0.25) is 0 Å². The monoisotopic (exact) mass is 313 g/mol. The van der Waals surface area contributed by atoms with Gasteiger partial charge in [-0.2, -0.15) is 0 Å². The maximum absolute atomic E-state index is 14.2. The molecule has 23 heavy (non-hydrogen) atoms. The van der Waals surface area contributed by atoms with E-state index in [0.29, 0.717) is 28.8 Å². The summed E-state index contributed by atoms with van der Waals surface area (Å²) in [7, 11) is 0. The Balaban J connectivity index is 2.28. The van der Waals surface area contributed by atoms with E-state index in [1.54, 1.807) is 24.3 Å². The second-order valence-electron chi connectivity index (χ2n) is 6.22. The summed E-state index contributed by atoms with van der Waals surface area (Å²) >= 11 is 0. The van der Waals surface area contributed by atoms with Crippen molar-refractivity contribution in [2.75, 3.05) is 0 Å². The van der Waals surface area contributed by atoms with Gasteiger partial charge in [0.05, 0.1) is 11.3 Å². The molecule has 0 fully saturated rings. The lowest BCUT2D eigenvalue weighted by atomic mass is 9.84. The standard InChI is InChI=1S/C18H16FNO3/c1-18(2)9-13-10(5-4-8-14(13)19)15(20-18)11-6-3-7-12(16(11)21)17(22)23/h3-8,21H,9H2,1-2H3,(H,22,23). The van der Waals surface area contributed by atoms with E-state index in [0.717, 1.165) is 0 Å². The highest BCUT2D eigenvalue weighted by molar-refractivity contribution is 6.17. The van der Waals surface area contributed by atoms with Crippen molar-refractivity contribution in [2.45, 2.75) is 25.8 Å². The number of phenols is 1. The number of carbonyl (C=O) groups is 1. The molecule has 1 aliphatic heterocycles. The van der Waals surface area contributed by atoms with E-state index in [4.69, 9.17) is 0 Å². The van der Waals surface area contributed by atoms with Crippen molar-refractivity contribution < 1.29 is 19.4 Å². The van der Waals surface area contributed by atoms with Crippen LogP contribution >= 0.6 is 0 Å². The SMILES string of the molecule is CC1(C)Cc2c(F)cccc2C(c2cccc(C(=O)O)c2O)=N1. The topological polar surface area (TPSA) is 69.9 Å². The number of para-hydroxylation sites is 1. The summed E-state index contributed by atoms with van der Waals surface area (Å²) in [6.45, 7) is 3.75. The fourth-order valence-corrected chi connectivity index (χ4v) is 2.91. The number of hydrogen-bond acceptors (Lipinski definition) is 3. The van der Waals surface area contributed by atoms with Gasteiger partial charge in [-0.15, -0.1) is 0 Å². The van der Waals surface area contributed by atoms with Crippen LogP contribution in [0.1, 0.15) is 40.9 Å². The molecule has 0 aromatic heterocycles. The molecular formula is C18H16FNO3. The van der Waals surface area contributed by atoms with E-state index in [1.807, 2.05) is 13.8 Å². The molecule has 1 heterocycles. The predicted molar refractivity (Wildman–Crippen MR) is 84.9 cm³/mol. The average molecular weight is 313 g/mol. The largest absolute Gasteiger partial charge is 0.506 e. The molecule has 4 nitrogen and oxygen atoms in total. The number of fused-ring (bicyclic) bond motifs is 1. The molecule has 118 valence electrons. The Kier molecular flexibility index (Phi) is 3.43. The van der Waals surface area contributed by atoms with Gasteiger partial charge in [-0.05, 0) is 37.6 Å². The summed E-state index contributed by atoms with van der Waals surface area (Å²) < 4.78 is 14.2. The van der Waals surface area contributed by atoms with Crippen molar-refractivity contribution in [1.29, 1.82) is 0 Å². The van der Waals surface area contributed by atoms with Gasteiger partial charge in [0.15, 0.2) is 0 Å². The van der Waals surface area contributed by atoms with Crippen LogP contribution in [0.4, 0.5) is 4.39 Å². The molecule has 0 aliphatic carbocycles. The second-order valence-corrected chi connectivity index (χ2v) is 6.22. The minimum absolute atomic E-state index is 0.202. The summed E-state index contributed by atoms with van der Waals surface area (Å²) in [6, 6.07) is 9.17. The molecule has 0 radical (unpaired) electrons. The first-order valence-electron chi connectivity index (χ1n) is 7.23. The Morgan fingerprint density at radius 3 is 2.52 bits per heavy atom. The van der Waals surface area contributed by atoms with Crippen molar-refractivity contribution >= 4 is 11.7 Å². The van der Waals surface area contributed by atoms with Crippen molar-refractivity contribution in [3.8, 4) is 5.75 Å². The first kappa shape index (κ1) is 15.2. The highest BCUT2D eigenvalue weighted by Gasteiger charge is 2.31. The zero-order valence-electron chi connectivity index (χ0n) is 12.8. The Morgan fingerprint density at radius 2 is 1.83 bits per heavy atom. The van der Waals surface area contributed by atoms with Crippen LogP contribution in [0.5, 0.6) is 5.75 Å². The molecule has 1 aliphatic rings. The second kappa shape index (κ2) is 5.19. The van der Waals surface area contributed by atoms with E-state index in [9.17, 15) is 19.4 Å². The molecule has 2 N–H and O–H groups in total. The van der Waals surface area contributed by atoms with Gasteiger partial charge in [0.2, 0.25) is 0 Å². The Bertz CT molecular complexity index is 840. The lowest BCUT2D eigenvalue weighted by Gasteiger charge is -2.29. The number of aromatic carboxylic acids is 1. The average Bonchev–Trinajstić information content (AvgIpc) is 2.47. The number of halogens is 1. The Labute approximate surface area is 132 Å². The molecule has 2 aromatic carbocycles. The molecule has 5 heteroatoms. The van der Waals surface area contributed by atoms with Gasteiger partial charge in [-0.1, -0.05) is 18.2 Å². The van der Waals surface area contributed by atoms with Gasteiger partial charge >= 0.3 is 5.97 Å². The first-order valence-corrected chi connectivity index (χ1v) is 7.23. The Hall–Kier alpha value is -2.69. The van der Waals surface area contributed by atoms with E-state index in [1.165, 1.54) is 12.1 Å². The van der Waals surface area contributed by atoms with Crippen molar-refractivity contribution in [1.82, 2.24) is 0 Å². The number of nitrogens with zero attached hydrogens (tertiary/aromatic N) is 1. The number of carboxylic acids is 1. The van der Waals surface area contributed by atoms with Gasteiger partial charge in [0.25, 0.3) is 0 Å². The van der Waals surface area contributed by atoms with Crippen LogP contribution in [0.15, 0.2) is 41.4 Å². The third-order valence-electron chi connectivity index (χ3n) is 3.92. The third kappa shape index (κ3) is 2.59. The van der Waals surface area contributed by atoms with E-state index < -0.39 is 11.5 Å². The van der Waals surface area contributed by atoms with Gasteiger partial charge in [0.1, 0.15) is 17.1 Å². The Morgan fingerprint density at radius 1 is 1.17 bits per heavy atom. The molecule has 3 rings (SSSR count). The summed E-state index contributed by atoms with van der Waals surface area (Å²) in [5, 5.41) is 19.5. The van der Waals surface area contributed by atoms with E-state index in [2.05, 4.69) is 4.99 Å². The lowest BCUT2D eigenvalue weighted by Crippen LogP contribution is -2.30. The van der Waals surface area contributed by atoms with Gasteiger partial charge in [-0.25, -0.2) is 9.18 Å². The minimum Gasteiger partial charge on any atom is -0.506 e. The summed E-state index contributed by atoms with van der Waals surface area (Å²) in [6.07, 6.45) is 0.442. The van der Waals surface area contributed by atoms with E-state index >= 15 is 0 Å². The van der Waals surface area contributed by atoms with Gasteiger partial charge in [-0.3, -0.25) is 4.99 Å². The predicted octanol–water partition coefficient (Wildman–Crippen LogP) is 3.40. The van der Waals surface area contributed by atoms with Crippen LogP contribution in [-0.2, 0) is 6.42 Å². The highest BCUT2D eigenvalue weighted by atomic mass is 19.1. The molecule has 2 aromatic rings. The van der Waals surface area contributed by atoms with Crippen LogP contribution in [0, 0.1) is 5.82 Å².